The molecule has 0 bridgehead atoms. The summed E-state index contributed by atoms with van der Waals surface area (Å²) >= 11 is 0. The molecule has 2 unspecified atom stereocenters. The number of nitrogens with one attached hydrogen (secondary N) is 4. The van der Waals surface area contributed by atoms with Gasteiger partial charge >= 0.3 is 30.3 Å². The number of rotatable bonds is 8. The van der Waals surface area contributed by atoms with E-state index in [9.17, 15) is 35.9 Å². The Balaban J connectivity index is 0.000000543. The van der Waals surface area contributed by atoms with Gasteiger partial charge in [-0.15, -0.1) is 0 Å². The molecular formula is C31H35F6N7O7. The summed E-state index contributed by atoms with van der Waals surface area (Å²) in [6.07, 6.45) is -6.09. The van der Waals surface area contributed by atoms with Crippen LogP contribution in [-0.4, -0.2) is 87.5 Å². The van der Waals surface area contributed by atoms with Gasteiger partial charge in [-0.25, -0.2) is 24.4 Å². The van der Waals surface area contributed by atoms with Gasteiger partial charge in [0, 0.05) is 23.9 Å². The van der Waals surface area contributed by atoms with Crippen LogP contribution in [0.4, 0.5) is 32.2 Å². The fourth-order valence-corrected chi connectivity index (χ4v) is 4.71. The van der Waals surface area contributed by atoms with Crippen LogP contribution >= 0.6 is 0 Å². The SMILES string of the molecule is COC(=O)[C@H](Cc1ccccc1)NC(=O)c1nc(NC2CCCCC2NC(=N)N)c2cc(C)ccc2n1.O=C(O)C(F)(F)F.O=C(O)C(F)(F)F. The molecule has 0 radical (unpaired) electrons. The van der Waals surface area contributed by atoms with E-state index in [-0.39, 0.29) is 30.3 Å². The Bertz CT molecular complexity index is 1670. The molecule has 0 saturated heterocycles. The quantitative estimate of drug-likeness (QED) is 0.0757. The lowest BCUT2D eigenvalue weighted by Crippen LogP contribution is -2.50. The number of hydrogen-bond donors (Lipinski definition) is 7. The molecule has 278 valence electrons. The summed E-state index contributed by atoms with van der Waals surface area (Å²) in [5.74, 6) is -6.23. The number of alkyl halides is 6. The minimum atomic E-state index is -5.08. The Morgan fingerprint density at radius 1 is 0.941 bits per heavy atom. The number of amides is 1. The largest absolute Gasteiger partial charge is 0.490 e. The number of anilines is 1. The van der Waals surface area contributed by atoms with E-state index in [1.54, 1.807) is 0 Å². The molecule has 1 heterocycles. The number of carboxylic acid groups (broad SMARTS) is 2. The highest BCUT2D eigenvalue weighted by Crippen LogP contribution is 2.27. The topological polar surface area (TPSA) is 230 Å². The fraction of sp³-hybridized carbons (Fsp3) is 0.387. The normalized spacial score (nSPS) is 16.2. The Morgan fingerprint density at radius 3 is 2.00 bits per heavy atom. The first-order valence-corrected chi connectivity index (χ1v) is 14.9. The molecule has 1 aromatic heterocycles. The van der Waals surface area contributed by atoms with E-state index >= 15 is 0 Å². The molecule has 3 atom stereocenters. The van der Waals surface area contributed by atoms with Crippen molar-refractivity contribution >= 4 is 46.5 Å². The van der Waals surface area contributed by atoms with Crippen molar-refractivity contribution in [1.82, 2.24) is 20.6 Å². The van der Waals surface area contributed by atoms with E-state index < -0.39 is 42.2 Å². The lowest BCUT2D eigenvalue weighted by molar-refractivity contribution is -0.193. The number of aryl methyl sites for hydroxylation is 1. The van der Waals surface area contributed by atoms with Crippen molar-refractivity contribution < 1.29 is 60.5 Å². The predicted octanol–water partition coefficient (Wildman–Crippen LogP) is 3.93. The van der Waals surface area contributed by atoms with Crippen LogP contribution in [0.15, 0.2) is 48.5 Å². The number of esters is 1. The highest BCUT2D eigenvalue weighted by molar-refractivity contribution is 5.98. The molecule has 14 nitrogen and oxygen atoms in total. The summed E-state index contributed by atoms with van der Waals surface area (Å²) in [4.78, 5) is 52.6. The number of nitrogens with zero attached hydrogens (tertiary/aromatic N) is 2. The Hall–Kier alpha value is -5.69. The summed E-state index contributed by atoms with van der Waals surface area (Å²) < 4.78 is 68.4. The first kappa shape index (κ1) is 41.5. The third-order valence-corrected chi connectivity index (χ3v) is 7.04. The lowest BCUT2D eigenvalue weighted by Gasteiger charge is -2.33. The monoisotopic (exact) mass is 731 g/mol. The van der Waals surface area contributed by atoms with Crippen molar-refractivity contribution in [3.05, 3.63) is 65.5 Å². The smallest absolute Gasteiger partial charge is 0.475 e. The third kappa shape index (κ3) is 13.6. The van der Waals surface area contributed by atoms with Crippen LogP contribution < -0.4 is 21.7 Å². The first-order chi connectivity index (χ1) is 23.7. The molecule has 1 aliphatic carbocycles. The summed E-state index contributed by atoms with van der Waals surface area (Å²) in [5, 5.41) is 32.0. The van der Waals surface area contributed by atoms with E-state index in [4.69, 9.17) is 35.7 Å². The Kier molecular flexibility index (Phi) is 14.9. The van der Waals surface area contributed by atoms with Crippen LogP contribution in [0.5, 0.6) is 0 Å². The number of guanidine groups is 1. The van der Waals surface area contributed by atoms with Gasteiger partial charge in [-0.2, -0.15) is 26.3 Å². The summed E-state index contributed by atoms with van der Waals surface area (Å²) in [6, 6.07) is 14.2. The van der Waals surface area contributed by atoms with Gasteiger partial charge in [-0.3, -0.25) is 10.2 Å². The van der Waals surface area contributed by atoms with Crippen molar-refractivity contribution in [1.29, 1.82) is 5.41 Å². The molecule has 3 aromatic rings. The maximum absolute atomic E-state index is 13.3. The average Bonchev–Trinajstić information content (AvgIpc) is 3.05. The molecular weight excluding hydrogens is 696 g/mol. The molecule has 1 fully saturated rings. The van der Waals surface area contributed by atoms with Gasteiger partial charge in [0.1, 0.15) is 11.9 Å². The zero-order valence-electron chi connectivity index (χ0n) is 27.1. The Morgan fingerprint density at radius 2 is 1.49 bits per heavy atom. The summed E-state index contributed by atoms with van der Waals surface area (Å²) in [6.45, 7) is 1.98. The van der Waals surface area contributed by atoms with Gasteiger partial charge in [-0.1, -0.05) is 54.8 Å². The molecule has 1 amide bonds. The van der Waals surface area contributed by atoms with E-state index in [1.165, 1.54) is 7.11 Å². The van der Waals surface area contributed by atoms with Crippen LogP contribution in [0.3, 0.4) is 0 Å². The molecule has 8 N–H and O–H groups in total. The molecule has 0 spiro atoms. The van der Waals surface area contributed by atoms with Gasteiger partial charge in [0.05, 0.1) is 12.6 Å². The number of nitrogens with two attached hydrogens (primary N) is 1. The minimum absolute atomic E-state index is 0.0342. The number of aliphatic carboxylic acids is 2. The molecule has 2 aromatic carbocycles. The zero-order chi connectivity index (χ0) is 38.5. The lowest BCUT2D eigenvalue weighted by atomic mass is 9.90. The van der Waals surface area contributed by atoms with Gasteiger partial charge in [0.25, 0.3) is 5.91 Å². The van der Waals surface area contributed by atoms with E-state index in [0.717, 1.165) is 42.2 Å². The number of ether oxygens (including phenoxy) is 1. The zero-order valence-corrected chi connectivity index (χ0v) is 27.1. The van der Waals surface area contributed by atoms with Crippen molar-refractivity contribution in [2.24, 2.45) is 5.73 Å². The van der Waals surface area contributed by atoms with Crippen LogP contribution in [-0.2, 0) is 25.5 Å². The molecule has 0 aliphatic heterocycles. The number of hydrogen-bond acceptors (Lipinski definition) is 9. The van der Waals surface area contributed by atoms with E-state index in [2.05, 4.69) is 25.9 Å². The minimum Gasteiger partial charge on any atom is -0.475 e. The first-order valence-electron chi connectivity index (χ1n) is 14.9. The predicted molar refractivity (Wildman–Crippen MR) is 170 cm³/mol. The number of carbonyl (C=O) groups is 4. The number of carboxylic acids is 2. The standard InChI is InChI=1S/C27H33N7O3.2C2HF3O2/c1-16-12-13-19-18(14-16)23(31-20-10-6-7-11-21(20)33-27(28)29)34-24(30-19)25(35)32-22(26(36)37-2)15-17-8-4-3-5-9-17;2*3-2(4,5)1(6)7/h3-5,8-9,12-14,20-22H,6-7,10-11,15H2,1-2H3,(H,32,35)(H4,28,29,33)(H,30,31,34);2*(H,6,7)/t20?,21?,22-;;/m0../s1. The fourth-order valence-electron chi connectivity index (χ4n) is 4.71. The second-order valence-electron chi connectivity index (χ2n) is 11.0. The Labute approximate surface area is 286 Å². The third-order valence-electron chi connectivity index (χ3n) is 7.04. The van der Waals surface area contributed by atoms with Gasteiger partial charge in [0.2, 0.25) is 5.82 Å². The molecule has 1 saturated carbocycles. The van der Waals surface area contributed by atoms with Crippen molar-refractivity contribution in [3.63, 3.8) is 0 Å². The van der Waals surface area contributed by atoms with E-state index in [1.807, 2.05) is 55.5 Å². The van der Waals surface area contributed by atoms with Gasteiger partial charge < -0.3 is 36.6 Å². The molecule has 1 aliphatic rings. The number of methoxy groups -OCH3 is 1. The highest BCUT2D eigenvalue weighted by Gasteiger charge is 2.39. The molecule has 20 heteroatoms. The highest BCUT2D eigenvalue weighted by atomic mass is 19.4. The van der Waals surface area contributed by atoms with Gasteiger partial charge in [0.15, 0.2) is 5.96 Å². The number of benzene rings is 2. The van der Waals surface area contributed by atoms with Gasteiger partial charge in [-0.05, 0) is 37.5 Å². The second-order valence-corrected chi connectivity index (χ2v) is 11.0. The number of aromatic nitrogens is 2. The van der Waals surface area contributed by atoms with Crippen molar-refractivity contribution in [3.8, 4) is 0 Å². The van der Waals surface area contributed by atoms with Crippen molar-refractivity contribution in [2.45, 2.75) is 69.5 Å². The molecule has 4 rings (SSSR count). The maximum Gasteiger partial charge on any atom is 0.490 e. The van der Waals surface area contributed by atoms with Crippen LogP contribution in [0.1, 0.15) is 47.4 Å². The number of fused-ring (bicyclic) bond motifs is 1. The summed E-state index contributed by atoms with van der Waals surface area (Å²) in [7, 11) is 1.29. The maximum atomic E-state index is 13.3. The summed E-state index contributed by atoms with van der Waals surface area (Å²) in [5.41, 5.74) is 8.15. The van der Waals surface area contributed by atoms with Crippen molar-refractivity contribution in [2.75, 3.05) is 12.4 Å². The number of carbonyl (C=O) groups excluding carboxylic acids is 2. The average molecular weight is 732 g/mol. The van der Waals surface area contributed by atoms with Crippen LogP contribution in [0.2, 0.25) is 0 Å². The van der Waals surface area contributed by atoms with Crippen LogP contribution in [0, 0.1) is 12.3 Å². The van der Waals surface area contributed by atoms with E-state index in [0.29, 0.717) is 11.3 Å². The second kappa shape index (κ2) is 18.3. The number of halogens is 6. The molecule has 51 heavy (non-hydrogen) atoms. The van der Waals surface area contributed by atoms with Crippen LogP contribution in [0.25, 0.3) is 10.9 Å².